The fourth-order valence-electron chi connectivity index (χ4n) is 2.75. The van der Waals surface area contributed by atoms with E-state index >= 15 is 0 Å². The van der Waals surface area contributed by atoms with Crippen LogP contribution in [0.5, 0.6) is 5.75 Å². The number of imidazole rings is 1. The molecule has 1 heterocycles. The van der Waals surface area contributed by atoms with Crippen molar-refractivity contribution in [3.63, 3.8) is 0 Å². The molecule has 5 heteroatoms. The Labute approximate surface area is 146 Å². The first-order valence-electron chi connectivity index (χ1n) is 8.21. The summed E-state index contributed by atoms with van der Waals surface area (Å²) in [5.74, 6) is -0.0587. The highest BCUT2D eigenvalue weighted by Crippen LogP contribution is 2.27. The summed E-state index contributed by atoms with van der Waals surface area (Å²) < 4.78 is 7.67. The van der Waals surface area contributed by atoms with Crippen LogP contribution in [0.4, 0.5) is 0 Å². The third kappa shape index (κ3) is 4.47. The number of carbonyl (C=O) groups is 1. The fourth-order valence-corrected chi connectivity index (χ4v) is 2.75. The summed E-state index contributed by atoms with van der Waals surface area (Å²) in [6, 6.07) is 18.2. The standard InChI is InChI=1S/C20H20N2O3/c23-19(24)7-4-14-25-18-10-8-17(9-11-18)20(22-13-12-21-15-22)16-5-2-1-3-6-16/h1-3,5-6,8-13,15,20H,4,7,14H2,(H,23,24). The van der Waals surface area contributed by atoms with Crippen molar-refractivity contribution in [1.29, 1.82) is 0 Å². The Bertz CT molecular complexity index is 784. The van der Waals surface area contributed by atoms with Crippen molar-refractivity contribution in [3.8, 4) is 5.75 Å². The molecule has 0 aliphatic rings. The van der Waals surface area contributed by atoms with E-state index in [4.69, 9.17) is 9.84 Å². The van der Waals surface area contributed by atoms with E-state index in [2.05, 4.69) is 21.7 Å². The number of benzene rings is 2. The van der Waals surface area contributed by atoms with Gasteiger partial charge in [-0.3, -0.25) is 4.79 Å². The summed E-state index contributed by atoms with van der Waals surface area (Å²) in [5, 5.41) is 8.64. The third-order valence-corrected chi connectivity index (χ3v) is 3.94. The van der Waals surface area contributed by atoms with E-state index in [1.165, 1.54) is 5.56 Å². The normalized spacial score (nSPS) is 11.8. The molecule has 0 radical (unpaired) electrons. The third-order valence-electron chi connectivity index (χ3n) is 3.94. The predicted octanol–water partition coefficient (Wildman–Crippen LogP) is 3.76. The quantitative estimate of drug-likeness (QED) is 0.636. The zero-order valence-corrected chi connectivity index (χ0v) is 13.8. The molecule has 2 aromatic carbocycles. The maximum Gasteiger partial charge on any atom is 0.303 e. The molecule has 0 saturated heterocycles. The number of hydrogen-bond donors (Lipinski definition) is 1. The van der Waals surface area contributed by atoms with Crippen molar-refractivity contribution in [3.05, 3.63) is 84.4 Å². The van der Waals surface area contributed by atoms with Gasteiger partial charge in [-0.1, -0.05) is 42.5 Å². The Morgan fingerprint density at radius 1 is 1.08 bits per heavy atom. The summed E-state index contributed by atoms with van der Waals surface area (Å²) in [4.78, 5) is 14.7. The molecule has 3 aromatic rings. The van der Waals surface area contributed by atoms with Gasteiger partial charge in [0.05, 0.1) is 19.0 Å². The summed E-state index contributed by atoms with van der Waals surface area (Å²) in [5.41, 5.74) is 2.30. The van der Waals surface area contributed by atoms with Crippen LogP contribution < -0.4 is 4.74 Å². The topological polar surface area (TPSA) is 64.3 Å². The number of ether oxygens (including phenoxy) is 1. The second-order valence-electron chi connectivity index (χ2n) is 5.74. The Kier molecular flexibility index (Phi) is 5.46. The molecule has 0 bridgehead atoms. The van der Waals surface area contributed by atoms with Crippen LogP contribution in [-0.2, 0) is 4.79 Å². The fraction of sp³-hybridized carbons (Fsp3) is 0.200. The van der Waals surface area contributed by atoms with Crippen LogP contribution >= 0.6 is 0 Å². The first-order chi connectivity index (χ1) is 12.2. The molecule has 1 unspecified atom stereocenters. The minimum Gasteiger partial charge on any atom is -0.494 e. The molecule has 1 N–H and O–H groups in total. The first-order valence-corrected chi connectivity index (χ1v) is 8.21. The molecule has 0 amide bonds. The maximum absolute atomic E-state index is 10.5. The zero-order valence-electron chi connectivity index (χ0n) is 13.8. The minimum atomic E-state index is -0.801. The van der Waals surface area contributed by atoms with Gasteiger partial charge in [-0.05, 0) is 29.7 Å². The Hall–Kier alpha value is -3.08. The number of hydrogen-bond acceptors (Lipinski definition) is 3. The Balaban J connectivity index is 1.75. The van der Waals surface area contributed by atoms with Gasteiger partial charge in [-0.2, -0.15) is 0 Å². The Morgan fingerprint density at radius 2 is 1.80 bits per heavy atom. The van der Waals surface area contributed by atoms with Gasteiger partial charge in [0.15, 0.2) is 0 Å². The van der Waals surface area contributed by atoms with Crippen LogP contribution in [-0.4, -0.2) is 27.2 Å². The summed E-state index contributed by atoms with van der Waals surface area (Å²) in [7, 11) is 0. The number of aromatic nitrogens is 2. The number of nitrogens with zero attached hydrogens (tertiary/aromatic N) is 2. The molecule has 0 saturated carbocycles. The lowest BCUT2D eigenvalue weighted by Crippen LogP contribution is -2.10. The summed E-state index contributed by atoms with van der Waals surface area (Å²) in [6.45, 7) is 0.398. The molecule has 5 nitrogen and oxygen atoms in total. The highest BCUT2D eigenvalue weighted by molar-refractivity contribution is 5.66. The van der Waals surface area contributed by atoms with Crippen molar-refractivity contribution < 1.29 is 14.6 Å². The Morgan fingerprint density at radius 3 is 2.44 bits per heavy atom. The molecule has 0 aliphatic heterocycles. The molecule has 1 aromatic heterocycles. The molecule has 128 valence electrons. The predicted molar refractivity (Wildman–Crippen MR) is 94.7 cm³/mol. The largest absolute Gasteiger partial charge is 0.494 e. The van der Waals surface area contributed by atoms with Gasteiger partial charge >= 0.3 is 5.97 Å². The molecule has 1 atom stereocenters. The van der Waals surface area contributed by atoms with Gasteiger partial charge in [0.25, 0.3) is 0 Å². The maximum atomic E-state index is 10.5. The van der Waals surface area contributed by atoms with E-state index < -0.39 is 5.97 Å². The van der Waals surface area contributed by atoms with E-state index in [1.54, 1.807) is 6.20 Å². The lowest BCUT2D eigenvalue weighted by Gasteiger charge is -2.20. The molecule has 25 heavy (non-hydrogen) atoms. The molecule has 0 aliphatic carbocycles. The lowest BCUT2D eigenvalue weighted by molar-refractivity contribution is -0.137. The van der Waals surface area contributed by atoms with E-state index in [-0.39, 0.29) is 12.5 Å². The van der Waals surface area contributed by atoms with Crippen molar-refractivity contribution in [2.75, 3.05) is 6.61 Å². The van der Waals surface area contributed by atoms with Crippen molar-refractivity contribution in [2.45, 2.75) is 18.9 Å². The van der Waals surface area contributed by atoms with E-state index in [9.17, 15) is 4.79 Å². The van der Waals surface area contributed by atoms with E-state index in [0.717, 1.165) is 11.3 Å². The number of aliphatic carboxylic acids is 1. The molecular weight excluding hydrogens is 316 g/mol. The lowest BCUT2D eigenvalue weighted by atomic mass is 9.98. The number of carboxylic acid groups (broad SMARTS) is 1. The van der Waals surface area contributed by atoms with Gasteiger partial charge in [0, 0.05) is 18.8 Å². The minimum absolute atomic E-state index is 0.0461. The smallest absolute Gasteiger partial charge is 0.303 e. The van der Waals surface area contributed by atoms with Crippen LogP contribution in [0.2, 0.25) is 0 Å². The van der Waals surface area contributed by atoms with Gasteiger partial charge in [0.1, 0.15) is 5.75 Å². The second kappa shape index (κ2) is 8.15. The van der Waals surface area contributed by atoms with Gasteiger partial charge < -0.3 is 14.4 Å². The monoisotopic (exact) mass is 336 g/mol. The van der Waals surface area contributed by atoms with Crippen LogP contribution in [0.3, 0.4) is 0 Å². The second-order valence-corrected chi connectivity index (χ2v) is 5.74. The van der Waals surface area contributed by atoms with Crippen LogP contribution in [0.1, 0.15) is 30.0 Å². The molecule has 0 fully saturated rings. The van der Waals surface area contributed by atoms with Crippen molar-refractivity contribution >= 4 is 5.97 Å². The molecule has 3 rings (SSSR count). The first kappa shape index (κ1) is 16.8. The highest BCUT2D eigenvalue weighted by Gasteiger charge is 2.15. The number of carboxylic acids is 1. The SMILES string of the molecule is O=C(O)CCCOc1ccc(C(c2ccccc2)n2ccnc2)cc1. The van der Waals surface area contributed by atoms with Gasteiger partial charge in [-0.15, -0.1) is 0 Å². The van der Waals surface area contributed by atoms with Gasteiger partial charge in [0.2, 0.25) is 0 Å². The zero-order chi connectivity index (χ0) is 17.5. The van der Waals surface area contributed by atoms with Gasteiger partial charge in [-0.25, -0.2) is 4.98 Å². The summed E-state index contributed by atoms with van der Waals surface area (Å²) >= 11 is 0. The average Bonchev–Trinajstić information content (AvgIpc) is 3.15. The number of rotatable bonds is 8. The van der Waals surface area contributed by atoms with Crippen molar-refractivity contribution in [2.24, 2.45) is 0 Å². The van der Waals surface area contributed by atoms with E-state index in [1.807, 2.05) is 55.0 Å². The van der Waals surface area contributed by atoms with Crippen LogP contribution in [0.15, 0.2) is 73.3 Å². The molecular formula is C20H20N2O3. The average molecular weight is 336 g/mol. The summed E-state index contributed by atoms with van der Waals surface area (Å²) in [6.07, 6.45) is 6.16. The van der Waals surface area contributed by atoms with E-state index in [0.29, 0.717) is 13.0 Å². The van der Waals surface area contributed by atoms with Crippen molar-refractivity contribution in [1.82, 2.24) is 9.55 Å². The molecule has 0 spiro atoms. The highest BCUT2D eigenvalue weighted by atomic mass is 16.5. The van der Waals surface area contributed by atoms with Crippen LogP contribution in [0, 0.1) is 0 Å². The van der Waals surface area contributed by atoms with Crippen LogP contribution in [0.25, 0.3) is 0 Å².